The maximum atomic E-state index is 5.88. The van der Waals surface area contributed by atoms with Crippen LogP contribution < -0.4 is 5.73 Å². The zero-order chi connectivity index (χ0) is 15.2. The molecule has 4 heteroatoms. The van der Waals surface area contributed by atoms with Crippen molar-refractivity contribution < 1.29 is 0 Å². The number of hydrogen-bond donors (Lipinski definition) is 1. The molecule has 116 valence electrons. The molecule has 2 N–H and O–H groups in total. The molecule has 0 amide bonds. The van der Waals surface area contributed by atoms with Gasteiger partial charge in [0, 0.05) is 31.6 Å². The first-order valence-corrected chi connectivity index (χ1v) is 8.30. The summed E-state index contributed by atoms with van der Waals surface area (Å²) in [7, 11) is 2.22. The summed E-state index contributed by atoms with van der Waals surface area (Å²) in [6.07, 6.45) is 3.12. The Morgan fingerprint density at radius 2 is 2.05 bits per heavy atom. The number of nitrogens with zero attached hydrogens (tertiary/aromatic N) is 2. The predicted octanol–water partition coefficient (Wildman–Crippen LogP) is 2.82. The average Bonchev–Trinajstić information content (AvgIpc) is 2.66. The fourth-order valence-electron chi connectivity index (χ4n) is 3.33. The molecule has 0 spiro atoms. The van der Waals surface area contributed by atoms with Gasteiger partial charge in [0.25, 0.3) is 0 Å². The van der Waals surface area contributed by atoms with E-state index < -0.39 is 0 Å². The minimum atomic E-state index is 0.306. The van der Waals surface area contributed by atoms with Crippen LogP contribution in [0.2, 0.25) is 0 Å². The van der Waals surface area contributed by atoms with Crippen LogP contribution in [0.5, 0.6) is 0 Å². The minimum absolute atomic E-state index is 0.306. The first-order chi connectivity index (χ1) is 10.1. The molecule has 1 aromatic rings. The fourth-order valence-corrected chi connectivity index (χ4v) is 3.49. The van der Waals surface area contributed by atoms with Gasteiger partial charge in [-0.3, -0.25) is 4.90 Å². The molecule has 1 heterocycles. The van der Waals surface area contributed by atoms with Crippen LogP contribution in [0.1, 0.15) is 37.8 Å². The standard InChI is InChI=1S/C17H27N3S/c1-3-15-13-19(2)10-7-11-20(15)16(12-17(18)21)14-8-5-4-6-9-14/h4-6,8-9,15-16H,3,7,10-13H2,1-2H3,(H2,18,21). The summed E-state index contributed by atoms with van der Waals surface area (Å²) in [4.78, 5) is 5.67. The second-order valence-electron chi connectivity index (χ2n) is 6.01. The molecule has 0 radical (unpaired) electrons. The molecule has 2 rings (SSSR count). The van der Waals surface area contributed by atoms with Gasteiger partial charge in [0.2, 0.25) is 0 Å². The lowest BCUT2D eigenvalue weighted by molar-refractivity contribution is 0.131. The van der Waals surface area contributed by atoms with Crippen molar-refractivity contribution in [3.63, 3.8) is 0 Å². The Hall–Kier alpha value is -0.970. The molecule has 1 aromatic carbocycles. The Bertz CT molecular complexity index is 449. The Labute approximate surface area is 134 Å². The van der Waals surface area contributed by atoms with Crippen LogP contribution in [0.3, 0.4) is 0 Å². The number of thiocarbonyl (C=S) groups is 1. The van der Waals surface area contributed by atoms with Gasteiger partial charge < -0.3 is 10.6 Å². The molecule has 1 fully saturated rings. The number of nitrogens with two attached hydrogens (primary N) is 1. The van der Waals surface area contributed by atoms with Crippen molar-refractivity contribution in [1.82, 2.24) is 9.80 Å². The van der Waals surface area contributed by atoms with Crippen molar-refractivity contribution in [2.24, 2.45) is 5.73 Å². The summed E-state index contributed by atoms with van der Waals surface area (Å²) in [6.45, 7) is 5.68. The van der Waals surface area contributed by atoms with Crippen molar-refractivity contribution in [2.45, 2.75) is 38.3 Å². The van der Waals surface area contributed by atoms with Gasteiger partial charge in [-0.2, -0.15) is 0 Å². The van der Waals surface area contributed by atoms with Gasteiger partial charge in [-0.25, -0.2) is 0 Å². The highest BCUT2D eigenvalue weighted by Gasteiger charge is 2.29. The molecule has 1 aliphatic rings. The monoisotopic (exact) mass is 305 g/mol. The molecule has 0 saturated carbocycles. The summed E-state index contributed by atoms with van der Waals surface area (Å²) in [5, 5.41) is 0. The van der Waals surface area contributed by atoms with Gasteiger partial charge in [-0.05, 0) is 32.0 Å². The molecule has 2 unspecified atom stereocenters. The van der Waals surface area contributed by atoms with Crippen LogP contribution in [0.4, 0.5) is 0 Å². The molecule has 0 bridgehead atoms. The average molecular weight is 305 g/mol. The second-order valence-corrected chi connectivity index (χ2v) is 6.54. The van der Waals surface area contributed by atoms with E-state index in [9.17, 15) is 0 Å². The van der Waals surface area contributed by atoms with E-state index in [4.69, 9.17) is 18.0 Å². The third-order valence-electron chi connectivity index (χ3n) is 4.40. The van der Waals surface area contributed by atoms with E-state index in [1.165, 1.54) is 18.5 Å². The van der Waals surface area contributed by atoms with E-state index in [2.05, 4.69) is 54.1 Å². The van der Waals surface area contributed by atoms with E-state index >= 15 is 0 Å². The van der Waals surface area contributed by atoms with Crippen LogP contribution in [-0.2, 0) is 0 Å². The number of rotatable bonds is 5. The van der Waals surface area contributed by atoms with Crippen LogP contribution >= 0.6 is 12.2 Å². The van der Waals surface area contributed by atoms with E-state index in [0.29, 0.717) is 17.1 Å². The number of benzene rings is 1. The zero-order valence-electron chi connectivity index (χ0n) is 13.2. The Morgan fingerprint density at radius 3 is 2.67 bits per heavy atom. The van der Waals surface area contributed by atoms with E-state index in [1.807, 2.05) is 0 Å². The molecule has 3 nitrogen and oxygen atoms in total. The predicted molar refractivity (Wildman–Crippen MR) is 93.5 cm³/mol. The van der Waals surface area contributed by atoms with Gasteiger partial charge in [0.15, 0.2) is 0 Å². The third-order valence-corrected chi connectivity index (χ3v) is 4.56. The van der Waals surface area contributed by atoms with Gasteiger partial charge in [0.05, 0.1) is 4.99 Å². The van der Waals surface area contributed by atoms with E-state index in [-0.39, 0.29) is 0 Å². The van der Waals surface area contributed by atoms with Crippen molar-refractivity contribution in [1.29, 1.82) is 0 Å². The Morgan fingerprint density at radius 1 is 1.33 bits per heavy atom. The molecular formula is C17H27N3S. The second kappa shape index (κ2) is 7.87. The van der Waals surface area contributed by atoms with Gasteiger partial charge in [-0.1, -0.05) is 49.5 Å². The maximum Gasteiger partial charge on any atom is 0.0746 e. The SMILES string of the molecule is CCC1CN(C)CCCN1C(CC(N)=S)c1ccccc1. The van der Waals surface area contributed by atoms with E-state index in [1.54, 1.807) is 0 Å². The van der Waals surface area contributed by atoms with Crippen molar-refractivity contribution >= 4 is 17.2 Å². The summed E-state index contributed by atoms with van der Waals surface area (Å²) in [5.41, 5.74) is 7.21. The summed E-state index contributed by atoms with van der Waals surface area (Å²) < 4.78 is 0. The lowest BCUT2D eigenvalue weighted by Crippen LogP contribution is -2.43. The first kappa shape index (κ1) is 16.4. The quantitative estimate of drug-likeness (QED) is 0.848. The Kier molecular flexibility index (Phi) is 6.15. The number of hydrogen-bond acceptors (Lipinski definition) is 3. The van der Waals surface area contributed by atoms with E-state index in [0.717, 1.165) is 25.9 Å². The molecule has 0 aliphatic carbocycles. The highest BCUT2D eigenvalue weighted by Crippen LogP contribution is 2.29. The smallest absolute Gasteiger partial charge is 0.0746 e. The summed E-state index contributed by atoms with van der Waals surface area (Å²) in [6, 6.07) is 11.5. The molecule has 0 aromatic heterocycles. The van der Waals surface area contributed by atoms with Gasteiger partial charge in [-0.15, -0.1) is 0 Å². The minimum Gasteiger partial charge on any atom is -0.393 e. The lowest BCUT2D eigenvalue weighted by atomic mass is 9.99. The third kappa shape index (κ3) is 4.50. The fraction of sp³-hybridized carbons (Fsp3) is 0.588. The first-order valence-electron chi connectivity index (χ1n) is 7.89. The van der Waals surface area contributed by atoms with Gasteiger partial charge in [0.1, 0.15) is 0 Å². The van der Waals surface area contributed by atoms with Crippen LogP contribution in [0.15, 0.2) is 30.3 Å². The normalized spacial score (nSPS) is 22.7. The van der Waals surface area contributed by atoms with Crippen LogP contribution in [0, 0.1) is 0 Å². The molecular weight excluding hydrogens is 278 g/mol. The molecule has 2 atom stereocenters. The molecule has 1 aliphatic heterocycles. The maximum absolute atomic E-state index is 5.88. The highest BCUT2D eigenvalue weighted by molar-refractivity contribution is 7.80. The van der Waals surface area contributed by atoms with Crippen molar-refractivity contribution in [3.8, 4) is 0 Å². The lowest BCUT2D eigenvalue weighted by Gasteiger charge is -2.37. The van der Waals surface area contributed by atoms with Crippen molar-refractivity contribution in [2.75, 3.05) is 26.7 Å². The zero-order valence-corrected chi connectivity index (χ0v) is 14.0. The number of likely N-dealkylation sites (N-methyl/N-ethyl adjacent to an activating group) is 1. The van der Waals surface area contributed by atoms with Gasteiger partial charge >= 0.3 is 0 Å². The topological polar surface area (TPSA) is 32.5 Å². The highest BCUT2D eigenvalue weighted by atomic mass is 32.1. The summed E-state index contributed by atoms with van der Waals surface area (Å²) in [5.74, 6) is 0. The Balaban J connectivity index is 2.27. The largest absolute Gasteiger partial charge is 0.393 e. The summed E-state index contributed by atoms with van der Waals surface area (Å²) >= 11 is 5.21. The van der Waals surface area contributed by atoms with Crippen LogP contribution in [0.25, 0.3) is 0 Å². The molecule has 21 heavy (non-hydrogen) atoms. The van der Waals surface area contributed by atoms with Crippen LogP contribution in [-0.4, -0.2) is 47.5 Å². The molecule has 1 saturated heterocycles. The van der Waals surface area contributed by atoms with Crippen molar-refractivity contribution in [3.05, 3.63) is 35.9 Å².